The van der Waals surface area contributed by atoms with Gasteiger partial charge in [-0.15, -0.1) is 11.8 Å². The van der Waals surface area contributed by atoms with Crippen LogP contribution >= 0.6 is 11.8 Å². The van der Waals surface area contributed by atoms with E-state index < -0.39 is 27.7 Å². The Morgan fingerprint density at radius 2 is 1.86 bits per heavy atom. The molecule has 2 aromatic carbocycles. The third-order valence-corrected chi connectivity index (χ3v) is 6.01. The lowest BCUT2D eigenvalue weighted by Gasteiger charge is -2.25. The van der Waals surface area contributed by atoms with Gasteiger partial charge in [0.2, 0.25) is 10.0 Å². The van der Waals surface area contributed by atoms with E-state index in [0.29, 0.717) is 12.0 Å². The molecule has 0 spiro atoms. The standard InChI is InChI=1S/C15H13F2NO2S2/c16-10-2-1-3-12(8-10)22(19,20)18-14-6-7-21-15-5-4-11(17)9-13(14)15/h1-5,8-9,14,18H,6-7H2/t14-/m0/s1. The smallest absolute Gasteiger partial charge is 0.207 e. The van der Waals surface area contributed by atoms with Crippen LogP contribution in [0.3, 0.4) is 0 Å². The molecule has 0 aromatic heterocycles. The summed E-state index contributed by atoms with van der Waals surface area (Å²) in [7, 11) is -3.86. The second kappa shape index (κ2) is 5.98. The van der Waals surface area contributed by atoms with Crippen molar-refractivity contribution in [3.8, 4) is 0 Å². The van der Waals surface area contributed by atoms with Crippen molar-refractivity contribution >= 4 is 21.8 Å². The van der Waals surface area contributed by atoms with Gasteiger partial charge in [-0.25, -0.2) is 21.9 Å². The summed E-state index contributed by atoms with van der Waals surface area (Å²) in [5.74, 6) is -0.292. The number of halogens is 2. The number of nitrogens with one attached hydrogen (secondary N) is 1. The minimum Gasteiger partial charge on any atom is -0.207 e. The van der Waals surface area contributed by atoms with Gasteiger partial charge in [-0.1, -0.05) is 6.07 Å². The highest BCUT2D eigenvalue weighted by Crippen LogP contribution is 2.37. The van der Waals surface area contributed by atoms with Gasteiger partial charge in [-0.2, -0.15) is 0 Å². The van der Waals surface area contributed by atoms with Gasteiger partial charge in [0.25, 0.3) is 0 Å². The topological polar surface area (TPSA) is 46.2 Å². The number of hydrogen-bond acceptors (Lipinski definition) is 3. The van der Waals surface area contributed by atoms with Crippen molar-refractivity contribution in [3.63, 3.8) is 0 Å². The van der Waals surface area contributed by atoms with Crippen LogP contribution in [0.5, 0.6) is 0 Å². The molecule has 0 aliphatic carbocycles. The van der Waals surface area contributed by atoms with E-state index in [4.69, 9.17) is 0 Å². The third-order valence-electron chi connectivity index (χ3n) is 3.42. The normalized spacial score (nSPS) is 18.0. The molecule has 0 amide bonds. The fraction of sp³-hybridized carbons (Fsp3) is 0.200. The molecule has 0 saturated heterocycles. The first-order valence-electron chi connectivity index (χ1n) is 6.66. The maximum Gasteiger partial charge on any atom is 0.241 e. The van der Waals surface area contributed by atoms with Crippen molar-refractivity contribution < 1.29 is 17.2 Å². The van der Waals surface area contributed by atoms with Crippen LogP contribution < -0.4 is 4.72 Å². The molecule has 0 fully saturated rings. The maximum absolute atomic E-state index is 13.4. The Labute approximate surface area is 131 Å². The summed E-state index contributed by atoms with van der Waals surface area (Å²) in [6.45, 7) is 0. The van der Waals surface area contributed by atoms with Gasteiger partial charge >= 0.3 is 0 Å². The number of thioether (sulfide) groups is 1. The molecule has 1 aliphatic heterocycles. The molecule has 22 heavy (non-hydrogen) atoms. The van der Waals surface area contributed by atoms with E-state index in [0.717, 1.165) is 16.7 Å². The molecule has 0 unspecified atom stereocenters. The van der Waals surface area contributed by atoms with Crippen LogP contribution in [0.1, 0.15) is 18.0 Å². The zero-order valence-corrected chi connectivity index (χ0v) is 13.1. The molecular weight excluding hydrogens is 328 g/mol. The Balaban J connectivity index is 1.93. The fourth-order valence-corrected chi connectivity index (χ4v) is 4.76. The summed E-state index contributed by atoms with van der Waals surface area (Å²) in [5, 5.41) is 0. The largest absolute Gasteiger partial charge is 0.241 e. The number of sulfonamides is 1. The lowest BCUT2D eigenvalue weighted by atomic mass is 10.0. The molecule has 3 rings (SSSR count). The maximum atomic E-state index is 13.4. The molecule has 3 nitrogen and oxygen atoms in total. The minimum absolute atomic E-state index is 0.135. The van der Waals surface area contributed by atoms with Crippen molar-refractivity contribution in [2.75, 3.05) is 5.75 Å². The van der Waals surface area contributed by atoms with Crippen molar-refractivity contribution in [1.82, 2.24) is 4.72 Å². The highest BCUT2D eigenvalue weighted by molar-refractivity contribution is 7.99. The van der Waals surface area contributed by atoms with Crippen LogP contribution in [0.25, 0.3) is 0 Å². The predicted octanol–water partition coefficient (Wildman–Crippen LogP) is 3.48. The van der Waals surface area contributed by atoms with Crippen LogP contribution in [-0.2, 0) is 10.0 Å². The zero-order valence-electron chi connectivity index (χ0n) is 11.4. The van der Waals surface area contributed by atoms with E-state index >= 15 is 0 Å². The highest BCUT2D eigenvalue weighted by Gasteiger charge is 2.26. The molecule has 1 atom stereocenters. The first-order chi connectivity index (χ1) is 10.5. The van der Waals surface area contributed by atoms with E-state index in [1.54, 1.807) is 17.8 Å². The van der Waals surface area contributed by atoms with Gasteiger partial charge in [0, 0.05) is 10.9 Å². The molecule has 1 N–H and O–H groups in total. The molecule has 1 aliphatic rings. The Morgan fingerprint density at radius 3 is 2.64 bits per heavy atom. The molecule has 2 aromatic rings. The van der Waals surface area contributed by atoms with E-state index in [1.165, 1.54) is 30.3 Å². The average molecular weight is 341 g/mol. The number of benzene rings is 2. The molecule has 0 saturated carbocycles. The lowest BCUT2D eigenvalue weighted by molar-refractivity contribution is 0.540. The highest BCUT2D eigenvalue weighted by atomic mass is 32.2. The fourth-order valence-electron chi connectivity index (χ4n) is 2.38. The van der Waals surface area contributed by atoms with E-state index in [9.17, 15) is 17.2 Å². The van der Waals surface area contributed by atoms with Gasteiger partial charge in [-0.3, -0.25) is 0 Å². The van der Waals surface area contributed by atoms with Crippen molar-refractivity contribution in [2.45, 2.75) is 22.3 Å². The molecule has 116 valence electrons. The van der Waals surface area contributed by atoms with Gasteiger partial charge < -0.3 is 0 Å². The summed E-state index contributed by atoms with van der Waals surface area (Å²) in [6.07, 6.45) is 0.551. The van der Waals surface area contributed by atoms with Crippen molar-refractivity contribution in [1.29, 1.82) is 0 Å². The van der Waals surface area contributed by atoms with Gasteiger partial charge in [0.15, 0.2) is 0 Å². The van der Waals surface area contributed by atoms with Crippen LogP contribution in [-0.4, -0.2) is 14.2 Å². The zero-order chi connectivity index (χ0) is 15.7. The van der Waals surface area contributed by atoms with E-state index in [1.807, 2.05) is 0 Å². The number of fused-ring (bicyclic) bond motifs is 1. The molecule has 0 radical (unpaired) electrons. The monoisotopic (exact) mass is 341 g/mol. The summed E-state index contributed by atoms with van der Waals surface area (Å²) in [4.78, 5) is 0.725. The molecule has 1 heterocycles. The first-order valence-corrected chi connectivity index (χ1v) is 9.13. The van der Waals surface area contributed by atoms with Crippen LogP contribution in [0.4, 0.5) is 8.78 Å². The molecular formula is C15H13F2NO2S2. The Morgan fingerprint density at radius 1 is 1.09 bits per heavy atom. The minimum atomic E-state index is -3.86. The van der Waals surface area contributed by atoms with Crippen LogP contribution in [0.2, 0.25) is 0 Å². The van der Waals surface area contributed by atoms with Crippen molar-refractivity contribution in [3.05, 3.63) is 59.7 Å². The summed E-state index contributed by atoms with van der Waals surface area (Å²) in [6, 6.07) is 8.66. The second-order valence-electron chi connectivity index (χ2n) is 4.95. The van der Waals surface area contributed by atoms with Gasteiger partial charge in [-0.05, 0) is 54.1 Å². The summed E-state index contributed by atoms with van der Waals surface area (Å²) in [5.41, 5.74) is 0.622. The second-order valence-corrected chi connectivity index (χ2v) is 7.80. The average Bonchev–Trinajstić information content (AvgIpc) is 2.48. The summed E-state index contributed by atoms with van der Waals surface area (Å²) >= 11 is 1.56. The van der Waals surface area contributed by atoms with Gasteiger partial charge in [0.05, 0.1) is 4.90 Å². The van der Waals surface area contributed by atoms with E-state index in [2.05, 4.69) is 4.72 Å². The Hall–Kier alpha value is -1.44. The predicted molar refractivity (Wildman–Crippen MR) is 81.2 cm³/mol. The van der Waals surface area contributed by atoms with Crippen LogP contribution in [0.15, 0.2) is 52.3 Å². The van der Waals surface area contributed by atoms with Crippen LogP contribution in [0, 0.1) is 11.6 Å². The molecule has 0 bridgehead atoms. The Bertz CT molecular complexity index is 809. The van der Waals surface area contributed by atoms with Crippen molar-refractivity contribution in [2.24, 2.45) is 0 Å². The van der Waals surface area contributed by atoms with E-state index in [-0.39, 0.29) is 4.90 Å². The molecule has 7 heteroatoms. The third kappa shape index (κ3) is 3.16. The Kier molecular flexibility index (Phi) is 4.20. The number of hydrogen-bond donors (Lipinski definition) is 1. The number of rotatable bonds is 3. The lowest BCUT2D eigenvalue weighted by Crippen LogP contribution is -2.30. The SMILES string of the molecule is O=S(=O)(N[C@H]1CCSc2ccc(F)cc21)c1cccc(F)c1. The first kappa shape index (κ1) is 15.5. The van der Waals surface area contributed by atoms with Gasteiger partial charge in [0.1, 0.15) is 11.6 Å². The quantitative estimate of drug-likeness (QED) is 0.930. The summed E-state index contributed by atoms with van der Waals surface area (Å²) < 4.78 is 53.9.